The molecule has 0 fully saturated rings. The van der Waals surface area contributed by atoms with Gasteiger partial charge in [0.05, 0.1) is 24.6 Å². The molecule has 0 spiro atoms. The summed E-state index contributed by atoms with van der Waals surface area (Å²) < 4.78 is 54.2. The van der Waals surface area contributed by atoms with Gasteiger partial charge in [0, 0.05) is 11.1 Å². The van der Waals surface area contributed by atoms with Gasteiger partial charge in [0.1, 0.15) is 11.5 Å². The molecule has 0 saturated carbocycles. The number of halogens is 4. The van der Waals surface area contributed by atoms with E-state index in [9.17, 15) is 31.9 Å². The molecule has 0 unspecified atom stereocenters. The number of thiol groups is 1. The van der Waals surface area contributed by atoms with Crippen LogP contribution in [0.3, 0.4) is 0 Å². The first-order valence-corrected chi connectivity index (χ1v) is 10.5. The summed E-state index contributed by atoms with van der Waals surface area (Å²) in [6.07, 6.45) is -4.30. The van der Waals surface area contributed by atoms with Crippen molar-refractivity contribution in [2.45, 2.75) is 30.1 Å². The highest BCUT2D eigenvalue weighted by atomic mass is 32.1. The zero-order valence-electron chi connectivity index (χ0n) is 17.8. The molecule has 2 amide bonds. The van der Waals surface area contributed by atoms with Crippen LogP contribution in [0.4, 0.5) is 28.0 Å². The minimum Gasteiger partial charge on any atom is -0.481 e. The minimum absolute atomic E-state index is 0.147. The van der Waals surface area contributed by atoms with Crippen LogP contribution in [0.2, 0.25) is 0 Å². The number of nitrogens with zero attached hydrogens (tertiary/aromatic N) is 1. The van der Waals surface area contributed by atoms with E-state index in [1.165, 1.54) is 22.9 Å². The Bertz CT molecular complexity index is 1310. The van der Waals surface area contributed by atoms with Crippen LogP contribution in [-0.2, 0) is 17.5 Å². The highest BCUT2D eigenvalue weighted by Gasteiger charge is 2.35. The quantitative estimate of drug-likeness (QED) is 0.275. The summed E-state index contributed by atoms with van der Waals surface area (Å²) in [7, 11) is 0. The number of alkyl halides is 3. The molecule has 1 atom stereocenters. The van der Waals surface area contributed by atoms with Gasteiger partial charge in [-0.2, -0.15) is 13.2 Å². The number of hydrogen-bond acceptors (Lipinski definition) is 4. The number of pyridine rings is 1. The fourth-order valence-corrected chi connectivity index (χ4v) is 3.54. The van der Waals surface area contributed by atoms with Crippen molar-refractivity contribution in [3.63, 3.8) is 0 Å². The van der Waals surface area contributed by atoms with Crippen molar-refractivity contribution < 1.29 is 32.3 Å². The average Bonchev–Trinajstić information content (AvgIpc) is 2.76. The normalized spacial score (nSPS) is 12.1. The van der Waals surface area contributed by atoms with Crippen LogP contribution >= 0.6 is 12.6 Å². The number of urea groups is 1. The highest BCUT2D eigenvalue weighted by Crippen LogP contribution is 2.33. The largest absolute Gasteiger partial charge is 0.481 e. The summed E-state index contributed by atoms with van der Waals surface area (Å²) in [4.78, 5) is 37.2. The first-order valence-electron chi connectivity index (χ1n) is 10.1. The predicted molar refractivity (Wildman–Crippen MR) is 122 cm³/mol. The number of benzene rings is 2. The van der Waals surface area contributed by atoms with Gasteiger partial charge >= 0.3 is 18.2 Å². The van der Waals surface area contributed by atoms with Crippen molar-refractivity contribution in [3.05, 3.63) is 93.7 Å². The molecule has 1 aromatic heterocycles. The molecular weight excluding hydrogens is 490 g/mol. The van der Waals surface area contributed by atoms with Gasteiger partial charge in [-0.05, 0) is 41.5 Å². The summed E-state index contributed by atoms with van der Waals surface area (Å²) in [6.45, 7) is 0.160. The standard InChI is InChI=1S/C23H19F4N3O4S/c24-16-8-7-13(10-15(16)23(25,26)27)18(11-20(31)32)29-22(34)28-17-5-3-9-30(21(17)33)12-14-4-1-2-6-19(14)35/h1-10,18,35H,11-12H2,(H,31,32)(H2,28,29,34)/t18-/m0/s1. The van der Waals surface area contributed by atoms with Gasteiger partial charge in [0.15, 0.2) is 0 Å². The molecule has 3 rings (SSSR count). The van der Waals surface area contributed by atoms with E-state index in [0.717, 1.165) is 11.6 Å². The number of nitrogens with one attached hydrogen (secondary N) is 2. The predicted octanol–water partition coefficient (Wildman–Crippen LogP) is 4.68. The van der Waals surface area contributed by atoms with Gasteiger partial charge in [-0.25, -0.2) is 9.18 Å². The van der Waals surface area contributed by atoms with Gasteiger partial charge in [0.25, 0.3) is 5.56 Å². The monoisotopic (exact) mass is 509 g/mol. The van der Waals surface area contributed by atoms with Gasteiger partial charge in [-0.3, -0.25) is 9.59 Å². The van der Waals surface area contributed by atoms with E-state index >= 15 is 0 Å². The van der Waals surface area contributed by atoms with Crippen LogP contribution in [0, 0.1) is 5.82 Å². The Morgan fingerprint density at radius 2 is 1.80 bits per heavy atom. The van der Waals surface area contributed by atoms with Gasteiger partial charge in [-0.1, -0.05) is 24.3 Å². The van der Waals surface area contributed by atoms with Crippen LogP contribution in [0.15, 0.2) is 70.5 Å². The van der Waals surface area contributed by atoms with Crippen molar-refractivity contribution in [1.29, 1.82) is 0 Å². The molecule has 7 nitrogen and oxygen atoms in total. The first-order chi connectivity index (χ1) is 16.5. The van der Waals surface area contributed by atoms with Crippen LogP contribution in [-0.4, -0.2) is 21.7 Å². The second-order valence-corrected chi connectivity index (χ2v) is 7.95. The fraction of sp³-hybridized carbons (Fsp3) is 0.174. The van der Waals surface area contributed by atoms with Crippen molar-refractivity contribution in [2.75, 3.05) is 5.32 Å². The summed E-state index contributed by atoms with van der Waals surface area (Å²) in [6, 6.07) is 9.37. The lowest BCUT2D eigenvalue weighted by atomic mass is 10.0. The number of anilines is 1. The van der Waals surface area contributed by atoms with Gasteiger partial charge in [-0.15, -0.1) is 12.6 Å². The fourth-order valence-electron chi connectivity index (χ4n) is 3.30. The summed E-state index contributed by atoms with van der Waals surface area (Å²) in [5.41, 5.74) is -1.84. The van der Waals surface area contributed by atoms with Crippen LogP contribution in [0.1, 0.15) is 29.2 Å². The third-order valence-corrected chi connectivity index (χ3v) is 5.42. The SMILES string of the molecule is O=C(O)C[C@H](NC(=O)Nc1cccn(Cc2ccccc2S)c1=O)c1ccc(F)c(C(F)(F)F)c1. The lowest BCUT2D eigenvalue weighted by Gasteiger charge is -2.19. The highest BCUT2D eigenvalue weighted by molar-refractivity contribution is 7.80. The van der Waals surface area contributed by atoms with Crippen LogP contribution in [0.25, 0.3) is 0 Å². The van der Waals surface area contributed by atoms with Crippen molar-refractivity contribution in [1.82, 2.24) is 9.88 Å². The number of carboxylic acid groups (broad SMARTS) is 1. The molecule has 0 bridgehead atoms. The van der Waals surface area contributed by atoms with Crippen LogP contribution < -0.4 is 16.2 Å². The molecule has 0 radical (unpaired) electrons. The lowest BCUT2D eigenvalue weighted by molar-refractivity contribution is -0.140. The van der Waals surface area contributed by atoms with Crippen molar-refractivity contribution in [2.24, 2.45) is 0 Å². The Hall–Kier alpha value is -3.80. The summed E-state index contributed by atoms with van der Waals surface area (Å²) in [5, 5.41) is 13.7. The Kier molecular flexibility index (Phi) is 7.85. The number of aromatic nitrogens is 1. The Balaban J connectivity index is 1.82. The number of carbonyl (C=O) groups is 2. The van der Waals surface area contributed by atoms with E-state index < -0.39 is 47.6 Å². The van der Waals surface area contributed by atoms with E-state index in [1.54, 1.807) is 24.3 Å². The maximum atomic E-state index is 13.6. The number of rotatable bonds is 7. The van der Waals surface area contributed by atoms with E-state index in [0.29, 0.717) is 17.0 Å². The molecule has 1 heterocycles. The first kappa shape index (κ1) is 25.8. The third kappa shape index (κ3) is 6.63. The lowest BCUT2D eigenvalue weighted by Crippen LogP contribution is -2.36. The molecule has 12 heteroatoms. The number of carboxylic acids is 1. The number of amides is 2. The smallest absolute Gasteiger partial charge is 0.419 e. The molecule has 0 saturated heterocycles. The van der Waals surface area contributed by atoms with E-state index in [2.05, 4.69) is 23.3 Å². The second-order valence-electron chi connectivity index (χ2n) is 7.47. The maximum absolute atomic E-state index is 13.6. The molecule has 2 aromatic carbocycles. The second kappa shape index (κ2) is 10.6. The minimum atomic E-state index is -5.02. The molecule has 35 heavy (non-hydrogen) atoms. The molecular formula is C23H19F4N3O4S. The van der Waals surface area contributed by atoms with Crippen molar-refractivity contribution in [3.8, 4) is 0 Å². The number of hydrogen-bond donors (Lipinski definition) is 4. The zero-order chi connectivity index (χ0) is 25.8. The zero-order valence-corrected chi connectivity index (χ0v) is 18.7. The Morgan fingerprint density at radius 3 is 2.46 bits per heavy atom. The van der Waals surface area contributed by atoms with E-state index in [-0.39, 0.29) is 17.8 Å². The average molecular weight is 509 g/mol. The Morgan fingerprint density at radius 1 is 1.09 bits per heavy atom. The van der Waals surface area contributed by atoms with E-state index in [1.807, 2.05) is 0 Å². The summed E-state index contributed by atoms with van der Waals surface area (Å²) >= 11 is 4.34. The maximum Gasteiger partial charge on any atom is 0.419 e. The molecule has 0 aliphatic rings. The van der Waals surface area contributed by atoms with Crippen molar-refractivity contribution >= 4 is 30.3 Å². The van der Waals surface area contributed by atoms with E-state index in [4.69, 9.17) is 5.11 Å². The molecule has 3 N–H and O–H groups in total. The molecule has 3 aromatic rings. The van der Waals surface area contributed by atoms with Gasteiger partial charge < -0.3 is 20.3 Å². The summed E-state index contributed by atoms with van der Waals surface area (Å²) in [5.74, 6) is -2.95. The molecule has 0 aliphatic carbocycles. The molecule has 0 aliphatic heterocycles. The number of carbonyl (C=O) groups excluding carboxylic acids is 1. The topological polar surface area (TPSA) is 100 Å². The Labute approximate surface area is 201 Å². The van der Waals surface area contributed by atoms with Gasteiger partial charge in [0.2, 0.25) is 0 Å². The van der Waals surface area contributed by atoms with Crippen LogP contribution in [0.5, 0.6) is 0 Å². The third-order valence-electron chi connectivity index (χ3n) is 4.98. The molecule has 184 valence electrons. The number of aliphatic carboxylic acids is 1.